The van der Waals surface area contributed by atoms with Crippen molar-refractivity contribution < 1.29 is 30.5 Å². The average Bonchev–Trinajstić information content (AvgIpc) is 3.49. The van der Waals surface area contributed by atoms with Gasteiger partial charge in [0.25, 0.3) is 25.2 Å². The number of aromatic nitrogens is 1. The maximum atomic E-state index is 11.5. The molecule has 0 aliphatic carbocycles. The molecule has 2 heterocycles. The van der Waals surface area contributed by atoms with E-state index in [4.69, 9.17) is 5.73 Å². The quantitative estimate of drug-likeness (QED) is 0.124. The van der Waals surface area contributed by atoms with E-state index in [1.807, 2.05) is 82.3 Å². The summed E-state index contributed by atoms with van der Waals surface area (Å²) in [6.07, 6.45) is 4.16. The van der Waals surface area contributed by atoms with Crippen molar-refractivity contribution in [3.8, 4) is 0 Å². The Kier molecular flexibility index (Phi) is 8.44. The molecule has 1 aliphatic rings. The fourth-order valence-corrected chi connectivity index (χ4v) is 8.86. The van der Waals surface area contributed by atoms with Crippen LogP contribution >= 0.6 is 23.1 Å². The Hall–Kier alpha value is -3.46. The molecule has 0 fully saturated rings. The molecule has 0 saturated heterocycles. The summed E-state index contributed by atoms with van der Waals surface area (Å²) in [6.45, 7) is 0.717. The summed E-state index contributed by atoms with van der Waals surface area (Å²) in [6, 6.07) is 24.2. The lowest BCUT2D eigenvalue weighted by Crippen LogP contribution is -2.36. The number of aryl methyl sites for hydroxylation is 1. The van der Waals surface area contributed by atoms with Gasteiger partial charge in [0.2, 0.25) is 5.52 Å². The summed E-state index contributed by atoms with van der Waals surface area (Å²) in [5, 5.41) is 5.82. The molecule has 1 aromatic heterocycles. The fourth-order valence-electron chi connectivity index (χ4n) is 5.54. The molecule has 0 atom stereocenters. The first-order chi connectivity index (χ1) is 21.0. The number of fused-ring (bicyclic) bond motifs is 6. The molecule has 5 aromatic rings. The topological polar surface area (TPSA) is 142 Å². The van der Waals surface area contributed by atoms with Gasteiger partial charge in [-0.1, -0.05) is 77.7 Å². The molecule has 6 rings (SSSR count). The van der Waals surface area contributed by atoms with Gasteiger partial charge in [-0.05, 0) is 41.5 Å². The number of hydrogen-bond donors (Lipinski definition) is 3. The van der Waals surface area contributed by atoms with Crippen LogP contribution in [-0.2, 0) is 26.8 Å². The van der Waals surface area contributed by atoms with E-state index in [1.54, 1.807) is 23.1 Å². The van der Waals surface area contributed by atoms with Gasteiger partial charge in [-0.25, -0.2) is 0 Å². The number of nitrogens with zero attached hydrogens (tertiary/aromatic N) is 2. The van der Waals surface area contributed by atoms with Gasteiger partial charge in [-0.3, -0.25) is 9.11 Å². The van der Waals surface area contributed by atoms with Crippen LogP contribution in [0, 0.1) is 0 Å². The van der Waals surface area contributed by atoms with E-state index in [-0.39, 0.29) is 24.3 Å². The van der Waals surface area contributed by atoms with Gasteiger partial charge < -0.3 is 10.6 Å². The van der Waals surface area contributed by atoms with Gasteiger partial charge in [0.1, 0.15) is 4.70 Å². The number of hydrogen-bond acceptors (Lipinski definition) is 8. The van der Waals surface area contributed by atoms with Crippen LogP contribution in [0.25, 0.3) is 37.8 Å². The Balaban J connectivity index is 1.41. The third kappa shape index (κ3) is 6.63. The van der Waals surface area contributed by atoms with Crippen LogP contribution in [0.15, 0.2) is 94.5 Å². The molecule has 0 amide bonds. The Labute approximate surface area is 263 Å². The third-order valence-corrected chi connectivity index (χ3v) is 11.2. The van der Waals surface area contributed by atoms with Crippen molar-refractivity contribution in [2.75, 3.05) is 23.0 Å². The van der Waals surface area contributed by atoms with E-state index in [0.717, 1.165) is 52.4 Å². The van der Waals surface area contributed by atoms with Crippen molar-refractivity contribution in [1.82, 2.24) is 0 Å². The number of thiazole rings is 1. The fraction of sp³-hybridized carbons (Fsp3) is 0.194. The van der Waals surface area contributed by atoms with E-state index in [9.17, 15) is 25.9 Å². The molecule has 0 radical (unpaired) electrons. The maximum Gasteiger partial charge on any atom is 0.265 e. The van der Waals surface area contributed by atoms with Crippen LogP contribution in [0.5, 0.6) is 0 Å². The van der Waals surface area contributed by atoms with E-state index in [0.29, 0.717) is 18.8 Å². The van der Waals surface area contributed by atoms with Crippen LogP contribution in [0.1, 0.15) is 17.8 Å². The Bertz CT molecular complexity index is 2190. The number of thioether (sulfide) groups is 1. The summed E-state index contributed by atoms with van der Waals surface area (Å²) < 4.78 is 67.7. The molecule has 4 N–H and O–H groups in total. The molecule has 0 bridgehead atoms. The molecular formula is C31H30N3O6S4+. The minimum absolute atomic E-state index is 0.222. The average molecular weight is 669 g/mol. The smallest absolute Gasteiger partial charge is 0.265 e. The molecule has 13 heteroatoms. The lowest BCUT2D eigenvalue weighted by atomic mass is 10.1. The largest absolute Gasteiger partial charge is 0.398 e. The second-order valence-electron chi connectivity index (χ2n) is 10.5. The summed E-state index contributed by atoms with van der Waals surface area (Å²) in [5.74, 6) is -0.710. The van der Waals surface area contributed by atoms with E-state index < -0.39 is 20.2 Å². The molecule has 0 unspecified atom stereocenters. The van der Waals surface area contributed by atoms with E-state index in [1.165, 1.54) is 0 Å². The van der Waals surface area contributed by atoms with Gasteiger partial charge in [0.05, 0.1) is 27.6 Å². The number of nitrogens with two attached hydrogens (primary N) is 1. The summed E-state index contributed by atoms with van der Waals surface area (Å²) >= 11 is 3.08. The molecule has 0 spiro atoms. The van der Waals surface area contributed by atoms with E-state index in [2.05, 4.69) is 12.1 Å². The van der Waals surface area contributed by atoms with Gasteiger partial charge in [-0.2, -0.15) is 21.4 Å². The highest BCUT2D eigenvalue weighted by molar-refractivity contribution is 8.03. The normalized spacial score (nSPS) is 15.2. The standard InChI is InChI=1S/C31H29N3O6S4/c32-23(19-28-33(15-5-17-43(35,36)37)30-24-9-3-1-7-21(24)11-13-26(30)41-28)20-29-34(16-6-18-44(38,39)40)31-25-10-4-2-8-22(25)12-14-27(31)42-29/h1-4,7-14,19-20,32H,5-6,15-18H2,(H2,35,36,37,38,39,40)/p+1. The van der Waals surface area contributed by atoms with Crippen molar-refractivity contribution in [2.45, 2.75) is 24.3 Å². The highest BCUT2D eigenvalue weighted by Gasteiger charge is 2.28. The van der Waals surface area contributed by atoms with Crippen molar-refractivity contribution in [1.29, 1.82) is 0 Å². The summed E-state index contributed by atoms with van der Waals surface area (Å²) in [7, 11) is -8.22. The van der Waals surface area contributed by atoms with Crippen LogP contribution in [0.3, 0.4) is 0 Å². The van der Waals surface area contributed by atoms with Crippen molar-refractivity contribution >= 4 is 86.9 Å². The van der Waals surface area contributed by atoms with Crippen LogP contribution in [0.2, 0.25) is 0 Å². The molecule has 228 valence electrons. The number of benzene rings is 4. The van der Waals surface area contributed by atoms with E-state index >= 15 is 0 Å². The minimum Gasteiger partial charge on any atom is -0.398 e. The monoisotopic (exact) mass is 668 g/mol. The number of rotatable bonds is 10. The second kappa shape index (κ2) is 12.1. The summed E-state index contributed by atoms with van der Waals surface area (Å²) in [5.41, 5.74) is 9.06. The van der Waals surface area contributed by atoms with Crippen LogP contribution < -0.4 is 15.2 Å². The number of anilines is 1. The predicted octanol–water partition coefficient (Wildman–Crippen LogP) is 5.80. The lowest BCUT2D eigenvalue weighted by Gasteiger charge is -2.22. The molecule has 1 aliphatic heterocycles. The lowest BCUT2D eigenvalue weighted by molar-refractivity contribution is -0.667. The molecule has 44 heavy (non-hydrogen) atoms. The van der Waals surface area contributed by atoms with Crippen LogP contribution in [-0.4, -0.2) is 44.0 Å². The third-order valence-electron chi connectivity index (χ3n) is 7.38. The first-order valence-corrected chi connectivity index (χ1v) is 18.7. The van der Waals surface area contributed by atoms with Gasteiger partial charge in [0, 0.05) is 35.0 Å². The highest BCUT2D eigenvalue weighted by Crippen LogP contribution is 2.49. The Morgan fingerprint density at radius 1 is 0.841 bits per heavy atom. The first kappa shape index (κ1) is 30.6. The molecule has 9 nitrogen and oxygen atoms in total. The molecule has 0 saturated carbocycles. The second-order valence-corrected chi connectivity index (χ2v) is 15.8. The summed E-state index contributed by atoms with van der Waals surface area (Å²) in [4.78, 5) is 3.07. The molecular weight excluding hydrogens is 639 g/mol. The first-order valence-electron chi connectivity index (χ1n) is 13.9. The zero-order valence-electron chi connectivity index (χ0n) is 23.5. The van der Waals surface area contributed by atoms with Crippen LogP contribution in [0.4, 0.5) is 5.69 Å². The minimum atomic E-state index is -4.11. The van der Waals surface area contributed by atoms with Crippen molar-refractivity contribution in [2.24, 2.45) is 5.73 Å². The molecule has 4 aromatic carbocycles. The van der Waals surface area contributed by atoms with Crippen molar-refractivity contribution in [3.05, 3.63) is 94.6 Å². The SMILES string of the molecule is NC(=Cc1sc2ccc3ccccc3c2[n+]1CCCS(=O)(=O)O)C=C1Sc2ccc3ccccc3c2N1CCCS(=O)(=O)O. The zero-order chi connectivity index (χ0) is 31.1. The Morgan fingerprint density at radius 3 is 2.20 bits per heavy atom. The number of allylic oxidation sites excluding steroid dienone is 1. The predicted molar refractivity (Wildman–Crippen MR) is 179 cm³/mol. The highest BCUT2D eigenvalue weighted by atomic mass is 32.2. The Morgan fingerprint density at radius 2 is 1.48 bits per heavy atom. The zero-order valence-corrected chi connectivity index (χ0v) is 26.7. The maximum absolute atomic E-state index is 11.5. The van der Waals surface area contributed by atoms with Crippen molar-refractivity contribution in [3.63, 3.8) is 0 Å². The van der Waals surface area contributed by atoms with Gasteiger partial charge in [0.15, 0.2) is 6.54 Å². The van der Waals surface area contributed by atoms with Gasteiger partial charge >= 0.3 is 0 Å². The van der Waals surface area contributed by atoms with Gasteiger partial charge in [-0.15, -0.1) is 0 Å².